The van der Waals surface area contributed by atoms with Crippen LogP contribution in [-0.4, -0.2) is 11.6 Å². The number of carbonyl (C=O) groups excluding carboxylic acids is 1. The van der Waals surface area contributed by atoms with Crippen LogP contribution in [-0.2, 0) is 0 Å². The molecule has 1 aromatic carbocycles. The lowest BCUT2D eigenvalue weighted by atomic mass is 9.72. The molecule has 1 saturated carbocycles. The molecular weight excluding hydrogens is 422 g/mol. The molecule has 0 bridgehead atoms. The first-order valence-electron chi connectivity index (χ1n) is 7.78. The number of halogens is 2. The molecule has 0 aromatic heterocycles. The first-order valence-corrected chi connectivity index (χ1v) is 9.37. The van der Waals surface area contributed by atoms with Gasteiger partial charge in [0, 0.05) is 14.7 Å². The van der Waals surface area contributed by atoms with Crippen molar-refractivity contribution in [2.75, 3.05) is 5.73 Å². The molecular formula is C17H23Br2N3O. The molecule has 0 heterocycles. The van der Waals surface area contributed by atoms with Gasteiger partial charge in [0.15, 0.2) is 0 Å². The summed E-state index contributed by atoms with van der Waals surface area (Å²) in [6, 6.07) is 3.51. The zero-order valence-corrected chi connectivity index (χ0v) is 16.9. The molecule has 0 aliphatic heterocycles. The van der Waals surface area contributed by atoms with E-state index in [0.717, 1.165) is 35.9 Å². The number of nitrogens with one attached hydrogen (secondary N) is 1. The standard InChI is InChI=1S/C17H23Br2N3O/c1-17(2,3)10-4-6-12(7-5-10)21-22-16(23)13-8-11(18)9-14(19)15(13)20/h8-10H,4-7,20H2,1-3H3,(H,22,23). The van der Waals surface area contributed by atoms with E-state index in [2.05, 4.69) is 63.2 Å². The zero-order valence-electron chi connectivity index (χ0n) is 13.7. The summed E-state index contributed by atoms with van der Waals surface area (Å²) in [5.41, 5.74) is 10.8. The van der Waals surface area contributed by atoms with Crippen LogP contribution in [0.3, 0.4) is 0 Å². The summed E-state index contributed by atoms with van der Waals surface area (Å²) in [4.78, 5) is 12.3. The molecule has 2 rings (SSSR count). The summed E-state index contributed by atoms with van der Waals surface area (Å²) in [5.74, 6) is 0.434. The summed E-state index contributed by atoms with van der Waals surface area (Å²) in [5, 5.41) is 4.31. The first-order chi connectivity index (χ1) is 10.7. The molecule has 1 aliphatic carbocycles. The third-order valence-electron chi connectivity index (χ3n) is 4.44. The molecule has 0 radical (unpaired) electrons. The Balaban J connectivity index is 2.00. The number of hydrogen-bond acceptors (Lipinski definition) is 3. The quantitative estimate of drug-likeness (QED) is 0.491. The van der Waals surface area contributed by atoms with Gasteiger partial charge in [0.25, 0.3) is 5.91 Å². The summed E-state index contributed by atoms with van der Waals surface area (Å²) in [7, 11) is 0. The third-order valence-corrected chi connectivity index (χ3v) is 5.56. The van der Waals surface area contributed by atoms with Crippen LogP contribution in [0.25, 0.3) is 0 Å². The van der Waals surface area contributed by atoms with Crippen LogP contribution in [0.1, 0.15) is 56.8 Å². The number of nitrogens with two attached hydrogens (primary N) is 1. The Morgan fingerprint density at radius 1 is 1.26 bits per heavy atom. The van der Waals surface area contributed by atoms with Crippen molar-refractivity contribution in [1.82, 2.24) is 5.43 Å². The van der Waals surface area contributed by atoms with Crippen molar-refractivity contribution in [1.29, 1.82) is 0 Å². The summed E-state index contributed by atoms with van der Waals surface area (Å²) < 4.78 is 1.48. The smallest absolute Gasteiger partial charge is 0.273 e. The topological polar surface area (TPSA) is 67.5 Å². The highest BCUT2D eigenvalue weighted by Gasteiger charge is 2.28. The minimum atomic E-state index is -0.282. The van der Waals surface area contributed by atoms with Crippen LogP contribution in [0.4, 0.5) is 5.69 Å². The Morgan fingerprint density at radius 3 is 2.43 bits per heavy atom. The Hall–Kier alpha value is -0.880. The SMILES string of the molecule is CC(C)(C)C1CCC(=NNC(=O)c2cc(Br)cc(Br)c2N)CC1. The van der Waals surface area contributed by atoms with Gasteiger partial charge in [-0.15, -0.1) is 0 Å². The van der Waals surface area contributed by atoms with E-state index < -0.39 is 0 Å². The van der Waals surface area contributed by atoms with E-state index in [1.54, 1.807) is 6.07 Å². The number of carbonyl (C=O) groups is 1. The first kappa shape index (κ1) is 18.5. The van der Waals surface area contributed by atoms with E-state index in [4.69, 9.17) is 5.73 Å². The van der Waals surface area contributed by atoms with Crippen molar-refractivity contribution in [3.8, 4) is 0 Å². The van der Waals surface area contributed by atoms with Crippen molar-refractivity contribution in [2.45, 2.75) is 46.5 Å². The Labute approximate surface area is 154 Å². The Morgan fingerprint density at radius 2 is 1.87 bits per heavy atom. The van der Waals surface area contributed by atoms with Gasteiger partial charge in [0.1, 0.15) is 0 Å². The fourth-order valence-electron chi connectivity index (χ4n) is 2.89. The number of hydrogen-bond donors (Lipinski definition) is 2. The lowest BCUT2D eigenvalue weighted by Gasteiger charge is -2.34. The molecule has 126 valence electrons. The van der Waals surface area contributed by atoms with Crippen molar-refractivity contribution in [3.63, 3.8) is 0 Å². The zero-order chi connectivity index (χ0) is 17.2. The second-order valence-electron chi connectivity index (χ2n) is 7.11. The number of amides is 1. The minimum Gasteiger partial charge on any atom is -0.397 e. The number of anilines is 1. The van der Waals surface area contributed by atoms with E-state index in [1.165, 1.54) is 0 Å². The molecule has 23 heavy (non-hydrogen) atoms. The van der Waals surface area contributed by atoms with Crippen LogP contribution >= 0.6 is 31.9 Å². The summed E-state index contributed by atoms with van der Waals surface area (Å²) in [6.45, 7) is 6.86. The molecule has 1 amide bonds. The predicted octanol–water partition coefficient (Wildman–Crippen LogP) is 5.12. The van der Waals surface area contributed by atoms with Crippen molar-refractivity contribution < 1.29 is 4.79 Å². The normalized spacial score (nSPS) is 18.7. The fraction of sp³-hybridized carbons (Fsp3) is 0.529. The van der Waals surface area contributed by atoms with Gasteiger partial charge in [-0.25, -0.2) is 5.43 Å². The van der Waals surface area contributed by atoms with E-state index in [1.807, 2.05) is 6.07 Å². The third kappa shape index (κ3) is 4.80. The van der Waals surface area contributed by atoms with E-state index in [-0.39, 0.29) is 5.91 Å². The van der Waals surface area contributed by atoms with Crippen LogP contribution in [0, 0.1) is 11.3 Å². The average Bonchev–Trinajstić information content (AvgIpc) is 2.48. The molecule has 1 fully saturated rings. The molecule has 0 saturated heterocycles. The van der Waals surface area contributed by atoms with Gasteiger partial charge in [0.05, 0.1) is 11.3 Å². The number of benzene rings is 1. The van der Waals surface area contributed by atoms with Crippen LogP contribution in [0.2, 0.25) is 0 Å². The van der Waals surface area contributed by atoms with E-state index in [9.17, 15) is 4.79 Å². The summed E-state index contributed by atoms with van der Waals surface area (Å²) in [6.07, 6.45) is 4.14. The number of nitrogens with zero attached hydrogens (tertiary/aromatic N) is 1. The Bertz CT molecular complexity index is 625. The highest BCUT2D eigenvalue weighted by molar-refractivity contribution is 9.11. The molecule has 4 nitrogen and oxygen atoms in total. The summed E-state index contributed by atoms with van der Waals surface area (Å²) >= 11 is 6.71. The largest absolute Gasteiger partial charge is 0.397 e. The maximum atomic E-state index is 12.3. The van der Waals surface area contributed by atoms with Gasteiger partial charge in [-0.1, -0.05) is 36.7 Å². The van der Waals surface area contributed by atoms with E-state index in [0.29, 0.717) is 27.1 Å². The van der Waals surface area contributed by atoms with Gasteiger partial charge < -0.3 is 5.73 Å². The minimum absolute atomic E-state index is 0.282. The van der Waals surface area contributed by atoms with Crippen LogP contribution in [0.15, 0.2) is 26.2 Å². The molecule has 0 atom stereocenters. The lowest BCUT2D eigenvalue weighted by Crippen LogP contribution is -2.28. The maximum absolute atomic E-state index is 12.3. The van der Waals surface area contributed by atoms with Crippen LogP contribution in [0.5, 0.6) is 0 Å². The molecule has 1 aliphatic rings. The van der Waals surface area contributed by atoms with Gasteiger partial charge >= 0.3 is 0 Å². The second-order valence-corrected chi connectivity index (χ2v) is 8.88. The number of rotatable bonds is 2. The van der Waals surface area contributed by atoms with Crippen LogP contribution < -0.4 is 11.2 Å². The van der Waals surface area contributed by atoms with Gasteiger partial charge in [-0.3, -0.25) is 4.79 Å². The van der Waals surface area contributed by atoms with Gasteiger partial charge in [-0.2, -0.15) is 5.10 Å². The maximum Gasteiger partial charge on any atom is 0.273 e. The average molecular weight is 445 g/mol. The van der Waals surface area contributed by atoms with Crippen molar-refractivity contribution >= 4 is 49.2 Å². The van der Waals surface area contributed by atoms with Gasteiger partial charge in [0.2, 0.25) is 0 Å². The molecule has 6 heteroatoms. The second kappa shape index (κ2) is 7.34. The Kier molecular flexibility index (Phi) is 5.89. The van der Waals surface area contributed by atoms with Crippen molar-refractivity contribution in [2.24, 2.45) is 16.4 Å². The molecule has 1 aromatic rings. The lowest BCUT2D eigenvalue weighted by molar-refractivity contribution is 0.0955. The van der Waals surface area contributed by atoms with Crippen molar-refractivity contribution in [3.05, 3.63) is 26.6 Å². The number of nitrogen functional groups attached to an aromatic ring is 1. The molecule has 0 spiro atoms. The number of hydrazone groups is 1. The monoisotopic (exact) mass is 443 g/mol. The highest BCUT2D eigenvalue weighted by atomic mass is 79.9. The fourth-order valence-corrected chi connectivity index (χ4v) is 4.12. The predicted molar refractivity (Wildman–Crippen MR) is 103 cm³/mol. The molecule has 3 N–H and O–H groups in total. The van der Waals surface area contributed by atoms with Gasteiger partial charge in [-0.05, 0) is 65.1 Å². The van der Waals surface area contributed by atoms with E-state index >= 15 is 0 Å². The highest BCUT2D eigenvalue weighted by Crippen LogP contribution is 2.36. The molecule has 0 unspecified atom stereocenters.